The lowest BCUT2D eigenvalue weighted by molar-refractivity contribution is -0.256. The fourth-order valence-electron chi connectivity index (χ4n) is 6.62. The second kappa shape index (κ2) is 4.93. The number of allylic oxidation sites excluding steroid dienone is 4. The Morgan fingerprint density at radius 2 is 1.78 bits per heavy atom. The van der Waals surface area contributed by atoms with Crippen molar-refractivity contribution in [1.82, 2.24) is 0 Å². The lowest BCUT2D eigenvalue weighted by atomic mass is 9.46. The Hall–Kier alpha value is -0.640. The van der Waals surface area contributed by atoms with Crippen LogP contribution in [-0.2, 0) is 4.74 Å². The molecule has 2 N–H and O–H groups in total. The quantitative estimate of drug-likeness (QED) is 0.730. The van der Waals surface area contributed by atoms with E-state index in [0.29, 0.717) is 30.1 Å². The number of fused-ring (bicyclic) bond motifs is 5. The van der Waals surface area contributed by atoms with Gasteiger partial charge < -0.3 is 14.9 Å². The van der Waals surface area contributed by atoms with Gasteiger partial charge in [-0.3, -0.25) is 0 Å². The number of aliphatic hydroxyl groups is 2. The van der Waals surface area contributed by atoms with Crippen LogP contribution in [0.1, 0.15) is 46.0 Å². The van der Waals surface area contributed by atoms with Crippen molar-refractivity contribution in [1.29, 1.82) is 0 Å². The third-order valence-corrected chi connectivity index (χ3v) is 8.17. The van der Waals surface area contributed by atoms with Crippen molar-refractivity contribution >= 4 is 0 Å². The molecule has 2 unspecified atom stereocenters. The van der Waals surface area contributed by atoms with Gasteiger partial charge in [-0.1, -0.05) is 38.2 Å². The topological polar surface area (TPSA) is 49.7 Å². The second-order valence-corrected chi connectivity index (χ2v) is 8.83. The predicted octanol–water partition coefficient (Wildman–Crippen LogP) is 3.28. The van der Waals surface area contributed by atoms with Crippen LogP contribution >= 0.6 is 0 Å². The molecule has 0 aromatic heterocycles. The van der Waals surface area contributed by atoms with Crippen molar-refractivity contribution in [2.75, 3.05) is 7.11 Å². The summed E-state index contributed by atoms with van der Waals surface area (Å²) in [4.78, 5) is 0. The standard InChI is InChI=1S/C20H30O3/c1-18-9-5-4-6-13(18)12-16(23-3)17-14(18)7-10-19(2)15(17)8-11-20(19,21)22/h4-6,9,13-17,21-22H,7-8,10-12H2,1-3H3/t13?,14-,15+,16?,17-,18+,19+/m1/s1. The molecule has 3 saturated carbocycles. The maximum atomic E-state index is 10.6. The minimum atomic E-state index is -1.51. The molecule has 0 bridgehead atoms. The highest BCUT2D eigenvalue weighted by atomic mass is 16.5. The van der Waals surface area contributed by atoms with Crippen LogP contribution in [-0.4, -0.2) is 29.2 Å². The van der Waals surface area contributed by atoms with Gasteiger partial charge in [0.1, 0.15) is 0 Å². The SMILES string of the molecule is COC1CC2C=CC=C[C@]2(C)[C@@H]2CC[C@@]3(C)[C@@H](CCC3(O)O)[C@H]12. The van der Waals surface area contributed by atoms with E-state index in [4.69, 9.17) is 4.74 Å². The fraction of sp³-hybridized carbons (Fsp3) is 0.800. The van der Waals surface area contributed by atoms with Crippen LogP contribution in [0.3, 0.4) is 0 Å². The van der Waals surface area contributed by atoms with Crippen molar-refractivity contribution in [2.45, 2.75) is 57.8 Å². The molecule has 3 nitrogen and oxygen atoms in total. The Balaban J connectivity index is 1.75. The molecule has 23 heavy (non-hydrogen) atoms. The summed E-state index contributed by atoms with van der Waals surface area (Å²) in [5.74, 6) is 0.369. The molecule has 0 aromatic rings. The smallest absolute Gasteiger partial charge is 0.168 e. The van der Waals surface area contributed by atoms with Gasteiger partial charge in [-0.05, 0) is 54.8 Å². The van der Waals surface area contributed by atoms with E-state index in [1.165, 1.54) is 0 Å². The first kappa shape index (κ1) is 15.9. The van der Waals surface area contributed by atoms with E-state index in [1.54, 1.807) is 0 Å². The van der Waals surface area contributed by atoms with Crippen molar-refractivity contribution in [3.63, 3.8) is 0 Å². The van der Waals surface area contributed by atoms with E-state index in [0.717, 1.165) is 25.7 Å². The first-order valence-electron chi connectivity index (χ1n) is 9.17. The number of rotatable bonds is 1. The molecule has 3 fully saturated rings. The van der Waals surface area contributed by atoms with Crippen LogP contribution in [0.2, 0.25) is 0 Å². The molecule has 0 radical (unpaired) electrons. The normalized spacial score (nSPS) is 53.5. The van der Waals surface area contributed by atoms with Crippen LogP contribution in [0.15, 0.2) is 24.3 Å². The third-order valence-electron chi connectivity index (χ3n) is 8.17. The fourth-order valence-corrected chi connectivity index (χ4v) is 6.62. The summed E-state index contributed by atoms with van der Waals surface area (Å²) in [5, 5.41) is 21.2. The minimum absolute atomic E-state index is 0.186. The molecule has 0 heterocycles. The summed E-state index contributed by atoms with van der Waals surface area (Å²) in [6.45, 7) is 4.50. The lowest BCUT2D eigenvalue weighted by Gasteiger charge is -2.60. The first-order chi connectivity index (χ1) is 10.8. The first-order valence-corrected chi connectivity index (χ1v) is 9.17. The third kappa shape index (κ3) is 1.93. The number of hydrogen-bond donors (Lipinski definition) is 2. The molecule has 0 saturated heterocycles. The van der Waals surface area contributed by atoms with E-state index in [2.05, 4.69) is 38.2 Å². The van der Waals surface area contributed by atoms with Crippen molar-refractivity contribution in [3.05, 3.63) is 24.3 Å². The molecular weight excluding hydrogens is 288 g/mol. The van der Waals surface area contributed by atoms with E-state index < -0.39 is 5.79 Å². The zero-order valence-electron chi connectivity index (χ0n) is 14.5. The molecule has 4 aliphatic carbocycles. The Morgan fingerprint density at radius 1 is 1.04 bits per heavy atom. The van der Waals surface area contributed by atoms with Gasteiger partial charge in [0.05, 0.1) is 6.10 Å². The summed E-state index contributed by atoms with van der Waals surface area (Å²) < 4.78 is 5.95. The van der Waals surface area contributed by atoms with Crippen LogP contribution < -0.4 is 0 Å². The van der Waals surface area contributed by atoms with Crippen molar-refractivity contribution in [2.24, 2.45) is 34.5 Å². The van der Waals surface area contributed by atoms with Gasteiger partial charge >= 0.3 is 0 Å². The highest BCUT2D eigenvalue weighted by Crippen LogP contribution is 2.66. The van der Waals surface area contributed by atoms with Crippen LogP contribution in [0.5, 0.6) is 0 Å². The molecular formula is C20H30O3. The molecule has 7 atom stereocenters. The number of hydrogen-bond acceptors (Lipinski definition) is 3. The van der Waals surface area contributed by atoms with Gasteiger partial charge in [0, 0.05) is 18.9 Å². The molecule has 4 rings (SSSR count). The van der Waals surface area contributed by atoms with E-state index >= 15 is 0 Å². The number of ether oxygens (including phenoxy) is 1. The van der Waals surface area contributed by atoms with Crippen molar-refractivity contribution < 1.29 is 14.9 Å². The maximum absolute atomic E-state index is 10.6. The lowest BCUT2D eigenvalue weighted by Crippen LogP contribution is -2.59. The van der Waals surface area contributed by atoms with Gasteiger partial charge in [0.25, 0.3) is 0 Å². The van der Waals surface area contributed by atoms with Gasteiger partial charge in [0.15, 0.2) is 5.79 Å². The highest BCUT2D eigenvalue weighted by molar-refractivity contribution is 5.25. The van der Waals surface area contributed by atoms with Crippen molar-refractivity contribution in [3.8, 4) is 0 Å². The Morgan fingerprint density at radius 3 is 2.52 bits per heavy atom. The number of methoxy groups -OCH3 is 1. The van der Waals surface area contributed by atoms with Gasteiger partial charge in [-0.15, -0.1) is 0 Å². The molecule has 4 aliphatic rings. The van der Waals surface area contributed by atoms with Crippen LogP contribution in [0, 0.1) is 34.5 Å². The molecule has 0 spiro atoms. The van der Waals surface area contributed by atoms with E-state index in [-0.39, 0.29) is 16.9 Å². The Labute approximate surface area is 139 Å². The second-order valence-electron chi connectivity index (χ2n) is 8.83. The molecule has 0 amide bonds. The zero-order chi connectivity index (χ0) is 16.5. The van der Waals surface area contributed by atoms with E-state index in [9.17, 15) is 10.2 Å². The monoisotopic (exact) mass is 318 g/mol. The zero-order valence-corrected chi connectivity index (χ0v) is 14.5. The minimum Gasteiger partial charge on any atom is -0.381 e. The molecule has 3 heteroatoms. The van der Waals surface area contributed by atoms with Gasteiger partial charge in [-0.2, -0.15) is 0 Å². The molecule has 0 aliphatic heterocycles. The average Bonchev–Trinajstić information content (AvgIpc) is 2.76. The average molecular weight is 318 g/mol. The van der Waals surface area contributed by atoms with Crippen LogP contribution in [0.25, 0.3) is 0 Å². The Kier molecular flexibility index (Phi) is 3.40. The predicted molar refractivity (Wildman–Crippen MR) is 89.5 cm³/mol. The summed E-state index contributed by atoms with van der Waals surface area (Å²) in [6.07, 6.45) is 13.8. The van der Waals surface area contributed by atoms with E-state index in [1.807, 2.05) is 7.11 Å². The van der Waals surface area contributed by atoms with Gasteiger partial charge in [-0.25, -0.2) is 0 Å². The maximum Gasteiger partial charge on any atom is 0.168 e. The van der Waals surface area contributed by atoms with Crippen LogP contribution in [0.4, 0.5) is 0 Å². The summed E-state index contributed by atoms with van der Waals surface area (Å²) in [6, 6.07) is 0. The summed E-state index contributed by atoms with van der Waals surface area (Å²) in [7, 11) is 1.83. The van der Waals surface area contributed by atoms with Gasteiger partial charge in [0.2, 0.25) is 0 Å². The largest absolute Gasteiger partial charge is 0.381 e. The Bertz CT molecular complexity index is 551. The summed E-state index contributed by atoms with van der Waals surface area (Å²) >= 11 is 0. The summed E-state index contributed by atoms with van der Waals surface area (Å²) in [5.41, 5.74) is -0.200. The molecule has 0 aromatic carbocycles. The molecule has 128 valence electrons. The highest BCUT2D eigenvalue weighted by Gasteiger charge is 2.65.